The summed E-state index contributed by atoms with van der Waals surface area (Å²) in [6.07, 6.45) is 6.11. The van der Waals surface area contributed by atoms with E-state index in [1.807, 2.05) is 20.0 Å². The number of rotatable bonds is 3. The normalized spacial score (nSPS) is 17.4. The van der Waals surface area contributed by atoms with Gasteiger partial charge in [-0.3, -0.25) is 0 Å². The zero-order valence-electron chi connectivity index (χ0n) is 12.9. The number of nitrogens with zero attached hydrogens (tertiary/aromatic N) is 2. The van der Waals surface area contributed by atoms with Crippen LogP contribution in [0.15, 0.2) is 36.4 Å². The molecule has 0 amide bonds. The van der Waals surface area contributed by atoms with Crippen molar-refractivity contribution in [1.29, 1.82) is 0 Å². The molecule has 1 aliphatic rings. The van der Waals surface area contributed by atoms with E-state index in [1.165, 1.54) is 24.8 Å². The maximum absolute atomic E-state index is 4.80. The molecule has 0 unspecified atom stereocenters. The van der Waals surface area contributed by atoms with Crippen molar-refractivity contribution >= 4 is 5.82 Å². The van der Waals surface area contributed by atoms with Gasteiger partial charge in [-0.2, -0.15) is 0 Å². The molecule has 0 spiro atoms. The molecule has 1 aromatic carbocycles. The van der Waals surface area contributed by atoms with E-state index in [9.17, 15) is 0 Å². The average Bonchev–Trinajstić information content (AvgIpc) is 2.55. The van der Waals surface area contributed by atoms with Crippen LogP contribution in [-0.4, -0.2) is 17.0 Å². The summed E-state index contributed by atoms with van der Waals surface area (Å²) >= 11 is 0. The minimum atomic E-state index is -0.0167. The highest BCUT2D eigenvalue weighted by Gasteiger charge is 2.38. The van der Waals surface area contributed by atoms with Crippen molar-refractivity contribution in [3.8, 4) is 0 Å². The number of benzene rings is 1. The lowest BCUT2D eigenvalue weighted by molar-refractivity contribution is 0.330. The molecule has 21 heavy (non-hydrogen) atoms. The van der Waals surface area contributed by atoms with Gasteiger partial charge >= 0.3 is 0 Å². The maximum Gasteiger partial charge on any atom is 0.141 e. The quantitative estimate of drug-likeness (QED) is 0.921. The Morgan fingerprint density at radius 1 is 1.00 bits per heavy atom. The van der Waals surface area contributed by atoms with Gasteiger partial charge in [-0.1, -0.05) is 49.6 Å². The van der Waals surface area contributed by atoms with Crippen LogP contribution in [-0.2, 0) is 5.41 Å². The first-order valence-corrected chi connectivity index (χ1v) is 7.84. The average molecular weight is 281 g/mol. The Bertz CT molecular complexity index is 601. The number of aromatic nitrogens is 2. The largest absolute Gasteiger partial charge is 0.373 e. The fourth-order valence-corrected chi connectivity index (χ4v) is 3.46. The molecule has 1 heterocycles. The second kappa shape index (κ2) is 5.84. The standard InChI is InChI=1S/C18H23N3/c1-14-13-16(19-2)21-17(20-14)18(11-7-4-8-12-18)15-9-5-3-6-10-15/h3,5-6,9-10,13H,4,7-8,11-12H2,1-2H3,(H,19,20,21). The van der Waals surface area contributed by atoms with Gasteiger partial charge in [-0.05, 0) is 25.3 Å². The minimum Gasteiger partial charge on any atom is -0.373 e. The molecule has 1 aromatic heterocycles. The molecule has 1 aliphatic carbocycles. The predicted octanol–water partition coefficient (Wildman–Crippen LogP) is 4.08. The Hall–Kier alpha value is -1.90. The molecule has 1 saturated carbocycles. The summed E-state index contributed by atoms with van der Waals surface area (Å²) in [5, 5.41) is 3.16. The van der Waals surface area contributed by atoms with Crippen molar-refractivity contribution in [1.82, 2.24) is 9.97 Å². The van der Waals surface area contributed by atoms with Gasteiger partial charge in [0.25, 0.3) is 0 Å². The van der Waals surface area contributed by atoms with Crippen molar-refractivity contribution in [3.63, 3.8) is 0 Å². The Labute approximate surface area is 126 Å². The molecule has 1 fully saturated rings. The summed E-state index contributed by atoms with van der Waals surface area (Å²) in [5.41, 5.74) is 2.37. The van der Waals surface area contributed by atoms with E-state index in [-0.39, 0.29) is 5.41 Å². The lowest BCUT2D eigenvalue weighted by atomic mass is 9.68. The van der Waals surface area contributed by atoms with E-state index in [4.69, 9.17) is 9.97 Å². The van der Waals surface area contributed by atoms with Crippen LogP contribution in [0, 0.1) is 6.92 Å². The number of nitrogens with one attached hydrogen (secondary N) is 1. The molecule has 2 aromatic rings. The summed E-state index contributed by atoms with van der Waals surface area (Å²) in [6.45, 7) is 2.05. The molecule has 0 atom stereocenters. The second-order valence-corrected chi connectivity index (χ2v) is 5.98. The lowest BCUT2D eigenvalue weighted by Gasteiger charge is -2.36. The molecule has 3 nitrogen and oxygen atoms in total. The van der Waals surface area contributed by atoms with E-state index in [0.717, 1.165) is 30.2 Å². The lowest BCUT2D eigenvalue weighted by Crippen LogP contribution is -2.33. The van der Waals surface area contributed by atoms with Crippen LogP contribution in [0.5, 0.6) is 0 Å². The van der Waals surface area contributed by atoms with Crippen LogP contribution >= 0.6 is 0 Å². The zero-order chi connectivity index (χ0) is 14.7. The number of anilines is 1. The van der Waals surface area contributed by atoms with Crippen LogP contribution in [0.4, 0.5) is 5.82 Å². The van der Waals surface area contributed by atoms with Crippen molar-refractivity contribution in [3.05, 3.63) is 53.5 Å². The Balaban J connectivity index is 2.14. The van der Waals surface area contributed by atoms with Gasteiger partial charge < -0.3 is 5.32 Å². The van der Waals surface area contributed by atoms with E-state index in [1.54, 1.807) is 0 Å². The number of aryl methyl sites for hydroxylation is 1. The van der Waals surface area contributed by atoms with Gasteiger partial charge in [0, 0.05) is 18.8 Å². The highest BCUT2D eigenvalue weighted by Crippen LogP contribution is 2.43. The smallest absolute Gasteiger partial charge is 0.141 e. The first-order valence-electron chi connectivity index (χ1n) is 7.84. The Morgan fingerprint density at radius 3 is 2.38 bits per heavy atom. The van der Waals surface area contributed by atoms with E-state index >= 15 is 0 Å². The van der Waals surface area contributed by atoms with Crippen molar-refractivity contribution < 1.29 is 0 Å². The van der Waals surface area contributed by atoms with Gasteiger partial charge in [0.2, 0.25) is 0 Å². The minimum absolute atomic E-state index is 0.0167. The first kappa shape index (κ1) is 14.1. The van der Waals surface area contributed by atoms with Crippen LogP contribution in [0.1, 0.15) is 49.2 Å². The monoisotopic (exact) mass is 281 g/mol. The predicted molar refractivity (Wildman–Crippen MR) is 86.6 cm³/mol. The van der Waals surface area contributed by atoms with E-state index in [2.05, 4.69) is 35.6 Å². The van der Waals surface area contributed by atoms with Crippen LogP contribution in [0.25, 0.3) is 0 Å². The van der Waals surface area contributed by atoms with Gasteiger partial charge in [0.15, 0.2) is 0 Å². The summed E-state index contributed by atoms with van der Waals surface area (Å²) < 4.78 is 0. The van der Waals surface area contributed by atoms with Crippen molar-refractivity contribution in [2.24, 2.45) is 0 Å². The fourth-order valence-electron chi connectivity index (χ4n) is 3.46. The summed E-state index contributed by atoms with van der Waals surface area (Å²) in [7, 11) is 1.92. The summed E-state index contributed by atoms with van der Waals surface area (Å²) in [6, 6.07) is 12.8. The van der Waals surface area contributed by atoms with Crippen molar-refractivity contribution in [2.75, 3.05) is 12.4 Å². The van der Waals surface area contributed by atoms with Gasteiger partial charge in [0.05, 0.1) is 5.41 Å². The highest BCUT2D eigenvalue weighted by atomic mass is 15.0. The molecule has 3 rings (SSSR count). The van der Waals surface area contributed by atoms with Gasteiger partial charge in [-0.15, -0.1) is 0 Å². The van der Waals surface area contributed by atoms with Crippen LogP contribution in [0.3, 0.4) is 0 Å². The second-order valence-electron chi connectivity index (χ2n) is 5.98. The third-order valence-corrected chi connectivity index (χ3v) is 4.57. The number of hydrogen-bond acceptors (Lipinski definition) is 3. The molecule has 0 saturated heterocycles. The number of hydrogen-bond donors (Lipinski definition) is 1. The Morgan fingerprint density at radius 2 is 1.71 bits per heavy atom. The molecule has 1 N–H and O–H groups in total. The summed E-state index contributed by atoms with van der Waals surface area (Å²) in [4.78, 5) is 9.60. The topological polar surface area (TPSA) is 37.8 Å². The molecule has 110 valence electrons. The molecular formula is C18H23N3. The van der Waals surface area contributed by atoms with Crippen molar-refractivity contribution in [2.45, 2.75) is 44.4 Å². The highest BCUT2D eigenvalue weighted by molar-refractivity contribution is 5.40. The first-order chi connectivity index (χ1) is 10.2. The van der Waals surface area contributed by atoms with Crippen LogP contribution in [0.2, 0.25) is 0 Å². The maximum atomic E-state index is 4.80. The zero-order valence-corrected chi connectivity index (χ0v) is 12.9. The third kappa shape index (κ3) is 2.65. The fraction of sp³-hybridized carbons (Fsp3) is 0.444. The Kier molecular flexibility index (Phi) is 3.91. The SMILES string of the molecule is CNc1cc(C)nc(C2(c3ccccc3)CCCCC2)n1. The molecule has 0 bridgehead atoms. The summed E-state index contributed by atoms with van der Waals surface area (Å²) in [5.74, 6) is 1.90. The molecule has 0 radical (unpaired) electrons. The third-order valence-electron chi connectivity index (χ3n) is 4.57. The molecule has 3 heteroatoms. The molecule has 0 aliphatic heterocycles. The van der Waals surface area contributed by atoms with Crippen LogP contribution < -0.4 is 5.32 Å². The van der Waals surface area contributed by atoms with E-state index < -0.39 is 0 Å². The van der Waals surface area contributed by atoms with Gasteiger partial charge in [-0.25, -0.2) is 9.97 Å². The molecular weight excluding hydrogens is 258 g/mol. The van der Waals surface area contributed by atoms with Gasteiger partial charge in [0.1, 0.15) is 11.6 Å². The van der Waals surface area contributed by atoms with E-state index in [0.29, 0.717) is 0 Å².